The number of carbonyl (C=O) groups is 4. The van der Waals surface area contributed by atoms with Gasteiger partial charge in [-0.3, -0.25) is 4.79 Å². The molecule has 260 valence electrons. The van der Waals surface area contributed by atoms with Crippen molar-refractivity contribution in [2.45, 2.75) is 58.4 Å². The lowest BCUT2D eigenvalue weighted by Crippen LogP contribution is -2.55. The molecule has 0 unspecified atom stereocenters. The SMILES string of the molecule is COCC1=C(C(=O)OC)[C@H](c2ccc(F)c(F)c2)N(C(=O)NCCCN2CCC(c3cccc(NC(=O)CC(C)(C)C)c3)CC2)C(=O)N1. The molecular weight excluding hydrogens is 624 g/mol. The van der Waals surface area contributed by atoms with Crippen molar-refractivity contribution in [2.75, 3.05) is 52.3 Å². The van der Waals surface area contributed by atoms with Crippen LogP contribution in [0.3, 0.4) is 0 Å². The lowest BCUT2D eigenvalue weighted by Gasteiger charge is -2.36. The summed E-state index contributed by atoms with van der Waals surface area (Å²) in [7, 11) is 2.49. The van der Waals surface area contributed by atoms with E-state index in [-0.39, 0.29) is 41.3 Å². The van der Waals surface area contributed by atoms with Gasteiger partial charge in [-0.15, -0.1) is 0 Å². The van der Waals surface area contributed by atoms with Gasteiger partial charge < -0.3 is 30.3 Å². The third-order valence-electron chi connectivity index (χ3n) is 8.35. The van der Waals surface area contributed by atoms with Gasteiger partial charge in [0.25, 0.3) is 0 Å². The smallest absolute Gasteiger partial charge is 0.338 e. The van der Waals surface area contributed by atoms with Crippen LogP contribution in [0, 0.1) is 17.0 Å². The zero-order valence-electron chi connectivity index (χ0n) is 28.2. The second-order valence-electron chi connectivity index (χ2n) is 13.3. The van der Waals surface area contributed by atoms with Crippen molar-refractivity contribution in [3.8, 4) is 0 Å². The maximum atomic E-state index is 14.3. The molecule has 11 nitrogen and oxygen atoms in total. The monoisotopic (exact) mass is 669 g/mol. The van der Waals surface area contributed by atoms with E-state index >= 15 is 0 Å². The molecule has 0 aromatic heterocycles. The number of halogens is 2. The van der Waals surface area contributed by atoms with E-state index in [1.807, 2.05) is 32.9 Å². The summed E-state index contributed by atoms with van der Waals surface area (Å²) in [5, 5.41) is 8.25. The first kappa shape index (κ1) is 36.5. The number of nitrogens with one attached hydrogen (secondary N) is 3. The molecule has 2 aliphatic rings. The first-order valence-corrected chi connectivity index (χ1v) is 16.1. The van der Waals surface area contributed by atoms with E-state index in [1.54, 1.807) is 0 Å². The largest absolute Gasteiger partial charge is 0.466 e. The quantitative estimate of drug-likeness (QED) is 0.214. The van der Waals surface area contributed by atoms with E-state index in [9.17, 15) is 28.0 Å². The van der Waals surface area contributed by atoms with Crippen molar-refractivity contribution >= 4 is 29.6 Å². The highest BCUT2D eigenvalue weighted by Gasteiger charge is 2.43. The summed E-state index contributed by atoms with van der Waals surface area (Å²) in [5.74, 6) is -2.82. The van der Waals surface area contributed by atoms with Crippen LogP contribution >= 0.6 is 0 Å². The summed E-state index contributed by atoms with van der Waals surface area (Å²) >= 11 is 0. The van der Waals surface area contributed by atoms with Gasteiger partial charge in [0, 0.05) is 25.8 Å². The van der Waals surface area contributed by atoms with E-state index in [4.69, 9.17) is 9.47 Å². The molecule has 2 aromatic carbocycles. The number of likely N-dealkylation sites (tertiary alicyclic amines) is 1. The number of rotatable bonds is 11. The second kappa shape index (κ2) is 16.2. The molecule has 1 atom stereocenters. The minimum Gasteiger partial charge on any atom is -0.466 e. The zero-order valence-corrected chi connectivity index (χ0v) is 28.2. The molecule has 0 radical (unpaired) electrons. The van der Waals surface area contributed by atoms with Crippen LogP contribution in [-0.2, 0) is 19.1 Å². The Bertz CT molecular complexity index is 1530. The number of hydrogen-bond acceptors (Lipinski definition) is 7. The normalized spacial score (nSPS) is 17.6. The van der Waals surface area contributed by atoms with Crippen LogP contribution in [-0.4, -0.2) is 80.7 Å². The Kier molecular flexibility index (Phi) is 12.3. The summed E-state index contributed by atoms with van der Waals surface area (Å²) < 4.78 is 38.1. The number of hydrogen-bond donors (Lipinski definition) is 3. The number of piperidine rings is 1. The van der Waals surface area contributed by atoms with Gasteiger partial charge in [-0.25, -0.2) is 28.1 Å². The fourth-order valence-electron chi connectivity index (χ4n) is 6.11. The Morgan fingerprint density at radius 1 is 1.00 bits per heavy atom. The molecule has 1 saturated heterocycles. The van der Waals surface area contributed by atoms with Crippen molar-refractivity contribution in [3.63, 3.8) is 0 Å². The number of anilines is 1. The highest BCUT2D eigenvalue weighted by atomic mass is 19.2. The lowest BCUT2D eigenvalue weighted by molar-refractivity contribution is -0.137. The second-order valence-corrected chi connectivity index (χ2v) is 13.3. The molecule has 0 spiro atoms. The first-order valence-electron chi connectivity index (χ1n) is 16.1. The van der Waals surface area contributed by atoms with Gasteiger partial charge in [0.05, 0.1) is 25.0 Å². The van der Waals surface area contributed by atoms with Gasteiger partial charge in [0.1, 0.15) is 6.04 Å². The number of nitrogens with zero attached hydrogens (tertiary/aromatic N) is 2. The maximum absolute atomic E-state index is 14.3. The minimum absolute atomic E-state index is 0.00133. The summed E-state index contributed by atoms with van der Waals surface area (Å²) in [6, 6.07) is 7.88. The van der Waals surface area contributed by atoms with E-state index in [0.717, 1.165) is 55.8 Å². The van der Waals surface area contributed by atoms with Gasteiger partial charge in [-0.2, -0.15) is 0 Å². The van der Waals surface area contributed by atoms with E-state index < -0.39 is 35.7 Å². The van der Waals surface area contributed by atoms with E-state index in [2.05, 4.69) is 33.0 Å². The van der Waals surface area contributed by atoms with Crippen LogP contribution in [0.4, 0.5) is 24.1 Å². The number of ether oxygens (including phenoxy) is 2. The molecule has 2 aromatic rings. The minimum atomic E-state index is -1.39. The van der Waals surface area contributed by atoms with Gasteiger partial charge in [0.2, 0.25) is 5.91 Å². The van der Waals surface area contributed by atoms with Crippen LogP contribution in [0.5, 0.6) is 0 Å². The van der Waals surface area contributed by atoms with Gasteiger partial charge in [-0.1, -0.05) is 39.0 Å². The molecule has 3 N–H and O–H groups in total. The number of esters is 1. The van der Waals surface area contributed by atoms with Crippen molar-refractivity contribution in [3.05, 3.63) is 76.5 Å². The molecule has 48 heavy (non-hydrogen) atoms. The maximum Gasteiger partial charge on any atom is 0.338 e. The molecule has 0 bridgehead atoms. The Labute approximate surface area is 280 Å². The van der Waals surface area contributed by atoms with Crippen LogP contribution < -0.4 is 16.0 Å². The van der Waals surface area contributed by atoms with Crippen molar-refractivity contribution in [1.29, 1.82) is 0 Å². The molecule has 2 aliphatic heterocycles. The number of carbonyl (C=O) groups excluding carboxylic acids is 4. The fourth-order valence-corrected chi connectivity index (χ4v) is 6.11. The highest BCUT2D eigenvalue weighted by molar-refractivity contribution is 6.01. The Balaban J connectivity index is 1.34. The Hall–Kier alpha value is -4.36. The third kappa shape index (κ3) is 9.38. The van der Waals surface area contributed by atoms with Crippen molar-refractivity contribution in [2.24, 2.45) is 5.41 Å². The van der Waals surface area contributed by atoms with Crippen molar-refractivity contribution in [1.82, 2.24) is 20.4 Å². The summed E-state index contributed by atoms with van der Waals surface area (Å²) in [5.41, 5.74) is 1.83. The molecule has 13 heteroatoms. The van der Waals surface area contributed by atoms with Gasteiger partial charge in [0.15, 0.2) is 11.6 Å². The average molecular weight is 670 g/mol. The van der Waals surface area contributed by atoms with Crippen molar-refractivity contribution < 1.29 is 37.4 Å². The molecule has 0 aliphatic carbocycles. The summed E-state index contributed by atoms with van der Waals surface area (Å²) in [4.78, 5) is 55.0. The highest BCUT2D eigenvalue weighted by Crippen LogP contribution is 2.35. The molecule has 5 amide bonds. The Morgan fingerprint density at radius 3 is 2.38 bits per heavy atom. The number of methoxy groups -OCH3 is 2. The zero-order chi connectivity index (χ0) is 35.0. The molecule has 1 fully saturated rings. The molecular formula is C35H45F2N5O6. The van der Waals surface area contributed by atoms with Gasteiger partial charge >= 0.3 is 18.0 Å². The van der Waals surface area contributed by atoms with Crippen LogP contribution in [0.25, 0.3) is 0 Å². The van der Waals surface area contributed by atoms with E-state index in [0.29, 0.717) is 25.3 Å². The standard InChI is InChI=1S/C35H45F2N5O6/c1-35(2,3)20-29(43)39-25-9-6-8-23(18-25)22-12-16-41(17-13-22)15-7-14-38-33(45)42-31(24-10-11-26(36)27(37)19-24)30(32(44)48-5)28(21-47-4)40-34(42)46/h6,8-11,18-19,22,31H,7,12-17,20-21H2,1-5H3,(H,38,45)(H,39,43)(H,40,46)/t31-/m0/s1. The first-order chi connectivity index (χ1) is 22.8. The summed E-state index contributed by atoms with van der Waals surface area (Å²) in [6.07, 6.45) is 2.92. The van der Waals surface area contributed by atoms with Crippen LogP contribution in [0.15, 0.2) is 53.7 Å². The average Bonchev–Trinajstić information content (AvgIpc) is 3.03. The van der Waals surface area contributed by atoms with E-state index in [1.165, 1.54) is 18.7 Å². The van der Waals surface area contributed by atoms with Crippen LogP contribution in [0.1, 0.15) is 69.5 Å². The fraction of sp³-hybridized carbons (Fsp3) is 0.486. The van der Waals surface area contributed by atoms with Crippen LogP contribution in [0.2, 0.25) is 0 Å². The summed E-state index contributed by atoms with van der Waals surface area (Å²) in [6.45, 7) is 8.57. The molecule has 0 saturated carbocycles. The number of urea groups is 2. The number of amides is 5. The predicted octanol–water partition coefficient (Wildman–Crippen LogP) is 5.46. The number of benzene rings is 2. The number of imide groups is 1. The topological polar surface area (TPSA) is 129 Å². The Morgan fingerprint density at radius 2 is 1.73 bits per heavy atom. The predicted molar refractivity (Wildman–Crippen MR) is 176 cm³/mol. The molecule has 4 rings (SSSR count). The third-order valence-corrected chi connectivity index (χ3v) is 8.35. The molecule has 2 heterocycles. The van der Waals surface area contributed by atoms with Gasteiger partial charge in [-0.05, 0) is 85.6 Å². The lowest BCUT2D eigenvalue weighted by atomic mass is 9.89.